The highest BCUT2D eigenvalue weighted by atomic mass is 35.5. The van der Waals surface area contributed by atoms with Crippen molar-refractivity contribution in [3.8, 4) is 6.07 Å². The Kier molecular flexibility index (Phi) is 5.98. The molecule has 0 aliphatic rings. The van der Waals surface area contributed by atoms with Crippen molar-refractivity contribution in [2.45, 2.75) is 19.9 Å². The Labute approximate surface area is 150 Å². The molecule has 1 unspecified atom stereocenters. The van der Waals surface area contributed by atoms with Crippen LogP contribution in [0.25, 0.3) is 0 Å². The molecule has 0 aromatic heterocycles. The summed E-state index contributed by atoms with van der Waals surface area (Å²) in [5.74, 6) is -0.503. The first-order valence-corrected chi connectivity index (χ1v) is 7.92. The van der Waals surface area contributed by atoms with Crippen LogP contribution in [0.4, 0.5) is 17.1 Å². The van der Waals surface area contributed by atoms with Crippen LogP contribution in [0, 0.1) is 11.3 Å². The molecule has 0 saturated heterocycles. The zero-order valence-corrected chi connectivity index (χ0v) is 14.5. The van der Waals surface area contributed by atoms with Gasteiger partial charge in [0.1, 0.15) is 12.1 Å². The average Bonchev–Trinajstić information content (AvgIpc) is 2.57. The van der Waals surface area contributed by atoms with E-state index in [1.165, 1.54) is 6.92 Å². The Balaban J connectivity index is 2.05. The predicted octanol–water partition coefficient (Wildman–Crippen LogP) is 3.61. The lowest BCUT2D eigenvalue weighted by Gasteiger charge is -2.16. The minimum absolute atomic E-state index is 0.216. The van der Waals surface area contributed by atoms with Crippen molar-refractivity contribution in [2.24, 2.45) is 0 Å². The van der Waals surface area contributed by atoms with Gasteiger partial charge in [-0.2, -0.15) is 5.26 Å². The fourth-order valence-corrected chi connectivity index (χ4v) is 2.37. The van der Waals surface area contributed by atoms with Gasteiger partial charge in [0.2, 0.25) is 11.8 Å². The number of nitrogens with one attached hydrogen (secondary N) is 3. The molecule has 3 N–H and O–H groups in total. The normalized spacial score (nSPS) is 11.1. The average molecular weight is 357 g/mol. The summed E-state index contributed by atoms with van der Waals surface area (Å²) < 4.78 is 0. The molecule has 25 heavy (non-hydrogen) atoms. The van der Waals surface area contributed by atoms with E-state index < -0.39 is 6.04 Å². The molecular weight excluding hydrogens is 340 g/mol. The molecule has 0 aliphatic heterocycles. The fraction of sp³-hybridized carbons (Fsp3) is 0.167. The second kappa shape index (κ2) is 8.18. The highest BCUT2D eigenvalue weighted by Gasteiger charge is 2.15. The van der Waals surface area contributed by atoms with E-state index in [0.29, 0.717) is 27.6 Å². The van der Waals surface area contributed by atoms with Gasteiger partial charge in [0.05, 0.1) is 22.0 Å². The number of carbonyl (C=O) groups is 2. The summed E-state index contributed by atoms with van der Waals surface area (Å²) in [4.78, 5) is 23.4. The highest BCUT2D eigenvalue weighted by Crippen LogP contribution is 2.26. The molecule has 0 heterocycles. The Morgan fingerprint density at radius 1 is 1.12 bits per heavy atom. The van der Waals surface area contributed by atoms with Crippen LogP contribution in [0.1, 0.15) is 19.4 Å². The van der Waals surface area contributed by atoms with Gasteiger partial charge < -0.3 is 16.0 Å². The predicted molar refractivity (Wildman–Crippen MR) is 98.6 cm³/mol. The molecule has 2 aromatic rings. The van der Waals surface area contributed by atoms with E-state index in [4.69, 9.17) is 16.9 Å². The Hall–Kier alpha value is -3.04. The minimum atomic E-state index is -0.561. The molecule has 0 radical (unpaired) electrons. The van der Waals surface area contributed by atoms with Crippen molar-refractivity contribution in [3.05, 3.63) is 53.1 Å². The van der Waals surface area contributed by atoms with Gasteiger partial charge in [-0.1, -0.05) is 23.7 Å². The van der Waals surface area contributed by atoms with E-state index in [2.05, 4.69) is 16.0 Å². The molecule has 0 bridgehead atoms. The molecule has 128 valence electrons. The number of anilines is 3. The largest absolute Gasteiger partial charge is 0.374 e. The number of rotatable bonds is 5. The van der Waals surface area contributed by atoms with Crippen molar-refractivity contribution in [3.63, 3.8) is 0 Å². The third kappa shape index (κ3) is 4.96. The summed E-state index contributed by atoms with van der Waals surface area (Å²) in [5.41, 5.74) is 1.99. The summed E-state index contributed by atoms with van der Waals surface area (Å²) in [6.45, 7) is 3.09. The van der Waals surface area contributed by atoms with Crippen molar-refractivity contribution >= 4 is 40.5 Å². The van der Waals surface area contributed by atoms with Crippen LogP contribution in [0.3, 0.4) is 0 Å². The van der Waals surface area contributed by atoms with Crippen LogP contribution >= 0.6 is 11.6 Å². The number of carbonyl (C=O) groups excluding carboxylic acids is 2. The Morgan fingerprint density at radius 3 is 2.48 bits per heavy atom. The molecule has 2 amide bonds. The van der Waals surface area contributed by atoms with Crippen LogP contribution in [-0.2, 0) is 9.59 Å². The van der Waals surface area contributed by atoms with E-state index in [1.54, 1.807) is 49.4 Å². The summed E-state index contributed by atoms with van der Waals surface area (Å²) >= 11 is 6.11. The zero-order chi connectivity index (χ0) is 18.4. The van der Waals surface area contributed by atoms with E-state index in [-0.39, 0.29) is 11.8 Å². The van der Waals surface area contributed by atoms with Gasteiger partial charge in [-0.25, -0.2) is 0 Å². The molecule has 2 rings (SSSR count). The van der Waals surface area contributed by atoms with Gasteiger partial charge >= 0.3 is 0 Å². The van der Waals surface area contributed by atoms with Crippen molar-refractivity contribution < 1.29 is 9.59 Å². The molecule has 6 nitrogen and oxygen atoms in total. The number of halogens is 1. The van der Waals surface area contributed by atoms with Crippen LogP contribution in [0.15, 0.2) is 42.5 Å². The van der Waals surface area contributed by atoms with Gasteiger partial charge in [0.25, 0.3) is 0 Å². The fourth-order valence-electron chi connectivity index (χ4n) is 2.14. The van der Waals surface area contributed by atoms with Gasteiger partial charge in [0.15, 0.2) is 0 Å². The highest BCUT2D eigenvalue weighted by molar-refractivity contribution is 6.34. The molecule has 0 fully saturated rings. The van der Waals surface area contributed by atoms with Crippen LogP contribution in [0.2, 0.25) is 5.02 Å². The molecular formula is C18H17ClN4O2. The van der Waals surface area contributed by atoms with E-state index in [1.807, 2.05) is 6.07 Å². The standard InChI is InChI=1S/C18H17ClN4O2/c1-11(18(25)23-16-6-4-3-5-13(16)10-20)21-14-7-8-17(15(19)9-14)22-12(2)24/h3-9,11,21H,1-2H3,(H,22,24)(H,23,25). The Morgan fingerprint density at radius 2 is 1.84 bits per heavy atom. The summed E-state index contributed by atoms with van der Waals surface area (Å²) in [5, 5.41) is 17.8. The SMILES string of the molecule is CC(=O)Nc1ccc(NC(C)C(=O)Nc2ccccc2C#N)cc1Cl. The molecule has 7 heteroatoms. The summed E-state index contributed by atoms with van der Waals surface area (Å²) in [7, 11) is 0. The summed E-state index contributed by atoms with van der Waals surface area (Å²) in [6.07, 6.45) is 0. The summed E-state index contributed by atoms with van der Waals surface area (Å²) in [6, 6.07) is 13.2. The van der Waals surface area contributed by atoms with Crippen LogP contribution < -0.4 is 16.0 Å². The van der Waals surface area contributed by atoms with Gasteiger partial charge in [0, 0.05) is 12.6 Å². The van der Waals surface area contributed by atoms with Crippen LogP contribution in [-0.4, -0.2) is 17.9 Å². The Bertz CT molecular complexity index is 845. The van der Waals surface area contributed by atoms with Gasteiger partial charge in [-0.3, -0.25) is 9.59 Å². The number of benzene rings is 2. The molecule has 1 atom stereocenters. The zero-order valence-electron chi connectivity index (χ0n) is 13.8. The van der Waals surface area contributed by atoms with E-state index in [9.17, 15) is 9.59 Å². The second-order valence-corrected chi connectivity index (χ2v) is 5.80. The molecule has 0 spiro atoms. The van der Waals surface area contributed by atoms with Crippen molar-refractivity contribution in [1.29, 1.82) is 5.26 Å². The van der Waals surface area contributed by atoms with Gasteiger partial charge in [-0.05, 0) is 37.3 Å². The monoisotopic (exact) mass is 356 g/mol. The third-order valence-corrected chi connectivity index (χ3v) is 3.67. The maximum Gasteiger partial charge on any atom is 0.246 e. The van der Waals surface area contributed by atoms with Crippen molar-refractivity contribution in [1.82, 2.24) is 0 Å². The maximum absolute atomic E-state index is 12.3. The first-order chi connectivity index (χ1) is 11.9. The lowest BCUT2D eigenvalue weighted by Crippen LogP contribution is -2.32. The number of amides is 2. The van der Waals surface area contributed by atoms with Gasteiger partial charge in [-0.15, -0.1) is 0 Å². The number of hydrogen-bond donors (Lipinski definition) is 3. The molecule has 0 saturated carbocycles. The van der Waals surface area contributed by atoms with E-state index in [0.717, 1.165) is 0 Å². The topological polar surface area (TPSA) is 94.0 Å². The lowest BCUT2D eigenvalue weighted by molar-refractivity contribution is -0.116. The van der Waals surface area contributed by atoms with Crippen molar-refractivity contribution in [2.75, 3.05) is 16.0 Å². The quantitative estimate of drug-likeness (QED) is 0.762. The number of para-hydroxylation sites is 1. The third-order valence-electron chi connectivity index (χ3n) is 3.36. The number of nitriles is 1. The molecule has 2 aromatic carbocycles. The van der Waals surface area contributed by atoms with E-state index >= 15 is 0 Å². The maximum atomic E-state index is 12.3. The first-order valence-electron chi connectivity index (χ1n) is 7.54. The molecule has 0 aliphatic carbocycles. The minimum Gasteiger partial charge on any atom is -0.374 e. The second-order valence-electron chi connectivity index (χ2n) is 5.39. The smallest absolute Gasteiger partial charge is 0.246 e. The number of nitrogens with zero attached hydrogens (tertiary/aromatic N) is 1. The lowest BCUT2D eigenvalue weighted by atomic mass is 10.2. The number of hydrogen-bond acceptors (Lipinski definition) is 4. The first kappa shape index (κ1) is 18.3. The van der Waals surface area contributed by atoms with Crippen LogP contribution in [0.5, 0.6) is 0 Å².